The number of ether oxygens (including phenoxy) is 2. The van der Waals surface area contributed by atoms with Gasteiger partial charge in [-0.2, -0.15) is 5.26 Å². The van der Waals surface area contributed by atoms with Crippen LogP contribution in [0.5, 0.6) is 11.5 Å². The second kappa shape index (κ2) is 7.00. The molecule has 2 N–H and O–H groups in total. The topological polar surface area (TPSA) is 94.0 Å². The molecule has 6 nitrogen and oxygen atoms in total. The molecule has 0 aliphatic heterocycles. The van der Waals surface area contributed by atoms with Gasteiger partial charge in [0.2, 0.25) is 5.95 Å². The number of nitrogens with two attached hydrogens (primary N) is 1. The third-order valence-corrected chi connectivity index (χ3v) is 3.90. The zero-order valence-corrected chi connectivity index (χ0v) is 14.6. The second-order valence-electron chi connectivity index (χ2n) is 5.55. The van der Waals surface area contributed by atoms with E-state index < -0.39 is 0 Å². The number of methoxy groups -OCH3 is 2. The Hall–Kier alpha value is -3.77. The number of aromatic nitrogens is 2. The van der Waals surface area contributed by atoms with Crippen LogP contribution < -0.4 is 15.2 Å². The van der Waals surface area contributed by atoms with Crippen LogP contribution in [0.1, 0.15) is 22.4 Å². The van der Waals surface area contributed by atoms with Crippen molar-refractivity contribution in [3.05, 3.63) is 52.7 Å². The lowest BCUT2D eigenvalue weighted by molar-refractivity contribution is 0.356. The number of hydrogen-bond acceptors (Lipinski definition) is 6. The maximum atomic E-state index is 9.06. The number of hydrogen-bond donors (Lipinski definition) is 1. The first-order valence-electron chi connectivity index (χ1n) is 7.77. The summed E-state index contributed by atoms with van der Waals surface area (Å²) in [4.78, 5) is 8.49. The molecule has 0 unspecified atom stereocenters. The van der Waals surface area contributed by atoms with Crippen LogP contribution in [0.4, 0.5) is 5.95 Å². The van der Waals surface area contributed by atoms with E-state index in [4.69, 9.17) is 20.5 Å². The highest BCUT2D eigenvalue weighted by atomic mass is 16.5. The van der Waals surface area contributed by atoms with Crippen LogP contribution in [0.2, 0.25) is 0 Å². The molecule has 3 aromatic rings. The summed E-state index contributed by atoms with van der Waals surface area (Å²) in [6.07, 6.45) is 0. The Morgan fingerprint density at radius 3 is 2.42 bits per heavy atom. The molecule has 1 heterocycles. The van der Waals surface area contributed by atoms with Gasteiger partial charge in [0.25, 0.3) is 0 Å². The minimum Gasteiger partial charge on any atom is -0.493 e. The minimum atomic E-state index is 0.122. The predicted molar refractivity (Wildman–Crippen MR) is 98.9 cm³/mol. The van der Waals surface area contributed by atoms with E-state index in [1.165, 1.54) is 0 Å². The third kappa shape index (κ3) is 3.22. The fraction of sp³-hybridized carbons (Fsp3) is 0.150. The van der Waals surface area contributed by atoms with Crippen LogP contribution in [-0.4, -0.2) is 24.2 Å². The van der Waals surface area contributed by atoms with Gasteiger partial charge in [0.15, 0.2) is 11.5 Å². The molecule has 3 rings (SSSR count). The number of nitriles is 1. The molecule has 0 aliphatic rings. The van der Waals surface area contributed by atoms with E-state index in [1.807, 2.05) is 13.0 Å². The van der Waals surface area contributed by atoms with Gasteiger partial charge in [0.1, 0.15) is 5.69 Å². The van der Waals surface area contributed by atoms with Crippen molar-refractivity contribution >= 4 is 16.9 Å². The number of aryl methyl sites for hydroxylation is 1. The number of benzene rings is 2. The third-order valence-electron chi connectivity index (χ3n) is 3.90. The van der Waals surface area contributed by atoms with E-state index in [9.17, 15) is 0 Å². The zero-order chi connectivity index (χ0) is 18.7. The molecule has 1 aromatic heterocycles. The summed E-state index contributed by atoms with van der Waals surface area (Å²) in [5.74, 6) is 7.34. The van der Waals surface area contributed by atoms with E-state index in [0.717, 1.165) is 11.1 Å². The molecule has 2 aromatic carbocycles. The molecule has 0 fully saturated rings. The van der Waals surface area contributed by atoms with Gasteiger partial charge < -0.3 is 15.2 Å². The largest absolute Gasteiger partial charge is 0.493 e. The first-order chi connectivity index (χ1) is 12.5. The highest BCUT2D eigenvalue weighted by Gasteiger charge is 2.11. The summed E-state index contributed by atoms with van der Waals surface area (Å²) in [6, 6.07) is 11.0. The smallest absolute Gasteiger partial charge is 0.221 e. The first kappa shape index (κ1) is 17.1. The molecule has 0 bridgehead atoms. The molecule has 128 valence electrons. The Balaban J connectivity index is 2.19. The van der Waals surface area contributed by atoms with Gasteiger partial charge in [-0.1, -0.05) is 12.0 Å². The summed E-state index contributed by atoms with van der Waals surface area (Å²) >= 11 is 0. The lowest BCUT2D eigenvalue weighted by Crippen LogP contribution is -2.00. The van der Waals surface area contributed by atoms with Crippen molar-refractivity contribution in [2.45, 2.75) is 6.92 Å². The molecule has 0 saturated carbocycles. The standard InChI is InChI=1S/C20H16N4O2/c1-12-4-5-13(11-21)8-14(12)6-7-16-15-9-18(25-2)19(26-3)10-17(15)24-20(22)23-16/h4-5,8-10H,1-3H3,(H2,22,23,24). The van der Waals surface area contributed by atoms with Crippen molar-refractivity contribution in [3.8, 4) is 29.4 Å². The van der Waals surface area contributed by atoms with Crippen molar-refractivity contribution in [1.29, 1.82) is 5.26 Å². The van der Waals surface area contributed by atoms with Crippen molar-refractivity contribution in [3.63, 3.8) is 0 Å². The highest BCUT2D eigenvalue weighted by Crippen LogP contribution is 2.32. The van der Waals surface area contributed by atoms with Crippen molar-refractivity contribution in [1.82, 2.24) is 9.97 Å². The minimum absolute atomic E-state index is 0.122. The molecule has 0 aliphatic carbocycles. The molecule has 0 saturated heterocycles. The molecule has 0 atom stereocenters. The Bertz CT molecular complexity index is 1100. The number of fused-ring (bicyclic) bond motifs is 1. The molecule has 26 heavy (non-hydrogen) atoms. The Morgan fingerprint density at radius 1 is 1.00 bits per heavy atom. The van der Waals surface area contributed by atoms with Crippen LogP contribution in [0.3, 0.4) is 0 Å². The maximum Gasteiger partial charge on any atom is 0.221 e. The summed E-state index contributed by atoms with van der Waals surface area (Å²) in [5.41, 5.74) is 9.21. The zero-order valence-electron chi connectivity index (χ0n) is 14.6. The Labute approximate surface area is 151 Å². The maximum absolute atomic E-state index is 9.06. The van der Waals surface area contributed by atoms with Crippen LogP contribution in [0, 0.1) is 30.1 Å². The fourth-order valence-corrected chi connectivity index (χ4v) is 2.52. The quantitative estimate of drug-likeness (QED) is 0.719. The lowest BCUT2D eigenvalue weighted by atomic mass is 10.1. The first-order valence-corrected chi connectivity index (χ1v) is 7.77. The molecule has 0 radical (unpaired) electrons. The lowest BCUT2D eigenvalue weighted by Gasteiger charge is -2.09. The van der Waals surface area contributed by atoms with E-state index in [0.29, 0.717) is 33.7 Å². The van der Waals surface area contributed by atoms with Crippen molar-refractivity contribution in [2.75, 3.05) is 20.0 Å². The van der Waals surface area contributed by atoms with E-state index in [1.54, 1.807) is 38.5 Å². The monoisotopic (exact) mass is 344 g/mol. The van der Waals surface area contributed by atoms with Gasteiger partial charge in [-0.15, -0.1) is 0 Å². The summed E-state index contributed by atoms with van der Waals surface area (Å²) in [6.45, 7) is 1.94. The van der Waals surface area contributed by atoms with Crippen LogP contribution >= 0.6 is 0 Å². The summed E-state index contributed by atoms with van der Waals surface area (Å²) in [5, 5.41) is 9.77. The van der Waals surface area contributed by atoms with Gasteiger partial charge in [-0.05, 0) is 36.6 Å². The van der Waals surface area contributed by atoms with Crippen molar-refractivity contribution in [2.24, 2.45) is 0 Å². The Kier molecular flexibility index (Phi) is 4.59. The SMILES string of the molecule is COc1cc2nc(N)nc(C#Cc3cc(C#N)ccc3C)c2cc1OC. The average Bonchev–Trinajstić information content (AvgIpc) is 2.65. The van der Waals surface area contributed by atoms with Crippen LogP contribution in [-0.2, 0) is 0 Å². The molecule has 6 heteroatoms. The molecular weight excluding hydrogens is 328 g/mol. The van der Waals surface area contributed by atoms with Gasteiger partial charge in [-0.25, -0.2) is 9.97 Å². The highest BCUT2D eigenvalue weighted by molar-refractivity contribution is 5.87. The van der Waals surface area contributed by atoms with E-state index >= 15 is 0 Å². The Morgan fingerprint density at radius 2 is 1.73 bits per heavy atom. The molecule has 0 amide bonds. The van der Waals surface area contributed by atoms with Crippen LogP contribution in [0.15, 0.2) is 30.3 Å². The predicted octanol–water partition coefficient (Wildman–Crippen LogP) is 2.81. The van der Waals surface area contributed by atoms with Crippen molar-refractivity contribution < 1.29 is 9.47 Å². The van der Waals surface area contributed by atoms with Gasteiger partial charge in [-0.3, -0.25) is 0 Å². The summed E-state index contributed by atoms with van der Waals surface area (Å²) in [7, 11) is 3.11. The van der Waals surface area contributed by atoms with Crippen LogP contribution in [0.25, 0.3) is 10.9 Å². The average molecular weight is 344 g/mol. The number of nitrogens with zero attached hydrogens (tertiary/aromatic N) is 3. The fourth-order valence-electron chi connectivity index (χ4n) is 2.52. The number of anilines is 1. The van der Waals surface area contributed by atoms with E-state index in [2.05, 4.69) is 27.9 Å². The number of nitrogen functional groups attached to an aromatic ring is 1. The van der Waals surface area contributed by atoms with Gasteiger partial charge in [0.05, 0.1) is 31.4 Å². The van der Waals surface area contributed by atoms with Gasteiger partial charge >= 0.3 is 0 Å². The molecule has 0 spiro atoms. The summed E-state index contributed by atoms with van der Waals surface area (Å²) < 4.78 is 10.6. The second-order valence-corrected chi connectivity index (χ2v) is 5.55. The molecular formula is C20H16N4O2. The normalized spacial score (nSPS) is 9.92. The number of rotatable bonds is 2. The van der Waals surface area contributed by atoms with E-state index in [-0.39, 0.29) is 5.95 Å². The van der Waals surface area contributed by atoms with Gasteiger partial charge in [0, 0.05) is 17.0 Å².